The summed E-state index contributed by atoms with van der Waals surface area (Å²) in [6.45, 7) is 2.45. The molecule has 0 saturated carbocycles. The molecule has 0 fully saturated rings. The molecule has 0 atom stereocenters. The van der Waals surface area contributed by atoms with Crippen LogP contribution in [0.2, 0.25) is 0 Å². The number of aryl methyl sites for hydroxylation is 1. The number of nitrogens with zero attached hydrogens (tertiary/aromatic N) is 4. The van der Waals surface area contributed by atoms with Crippen molar-refractivity contribution in [2.24, 2.45) is 0 Å². The molecule has 96 valence electrons. The number of aromatic nitrogens is 2. The van der Waals surface area contributed by atoms with Gasteiger partial charge in [-0.15, -0.1) is 0 Å². The molecule has 1 heterocycles. The van der Waals surface area contributed by atoms with Gasteiger partial charge < -0.3 is 4.90 Å². The molecule has 0 amide bonds. The number of hydrogen-bond donors (Lipinski definition) is 0. The van der Waals surface area contributed by atoms with Crippen LogP contribution in [0.15, 0.2) is 41.0 Å². The van der Waals surface area contributed by atoms with Crippen LogP contribution >= 0.6 is 15.9 Å². The maximum Gasteiger partial charge on any atom is 0.137 e. The third-order valence-corrected chi connectivity index (χ3v) is 2.99. The molecule has 0 radical (unpaired) electrons. The summed E-state index contributed by atoms with van der Waals surface area (Å²) in [5.41, 5.74) is 1.02. The Morgan fingerprint density at radius 3 is 2.63 bits per heavy atom. The lowest BCUT2D eigenvalue weighted by atomic mass is 10.2. The molecule has 5 heteroatoms. The number of benzene rings is 1. The summed E-state index contributed by atoms with van der Waals surface area (Å²) in [7, 11) is 0. The van der Waals surface area contributed by atoms with Crippen molar-refractivity contribution in [3.05, 3.63) is 46.8 Å². The number of hydrogen-bond acceptors (Lipinski definition) is 4. The second-order valence-corrected chi connectivity index (χ2v) is 4.80. The van der Waals surface area contributed by atoms with Crippen molar-refractivity contribution in [3.63, 3.8) is 0 Å². The molecule has 1 aromatic carbocycles. The molecule has 2 aromatic rings. The van der Waals surface area contributed by atoms with Gasteiger partial charge in [-0.3, -0.25) is 0 Å². The van der Waals surface area contributed by atoms with Gasteiger partial charge in [0.15, 0.2) is 0 Å². The van der Waals surface area contributed by atoms with Crippen LogP contribution in [0, 0.1) is 18.3 Å². The molecule has 0 aliphatic heterocycles. The molecule has 2 rings (SSSR count). The fraction of sp³-hybridized carbons (Fsp3) is 0.214. The van der Waals surface area contributed by atoms with Crippen LogP contribution in [-0.2, 0) is 0 Å². The van der Waals surface area contributed by atoms with E-state index in [1.54, 1.807) is 0 Å². The first kappa shape index (κ1) is 13.5. The number of nitriles is 1. The quantitative estimate of drug-likeness (QED) is 0.809. The van der Waals surface area contributed by atoms with Crippen LogP contribution in [0.4, 0.5) is 11.5 Å². The average molecular weight is 317 g/mol. The molecule has 0 spiro atoms. The molecule has 1 aromatic heterocycles. The minimum Gasteiger partial charge on any atom is -0.325 e. The Bertz CT molecular complexity index is 572. The molecule has 0 aliphatic rings. The number of para-hydroxylation sites is 1. The van der Waals surface area contributed by atoms with Gasteiger partial charge in [-0.25, -0.2) is 9.97 Å². The van der Waals surface area contributed by atoms with Crippen molar-refractivity contribution in [1.29, 1.82) is 5.26 Å². The first-order valence-corrected chi connectivity index (χ1v) is 6.71. The summed E-state index contributed by atoms with van der Waals surface area (Å²) in [4.78, 5) is 10.7. The lowest BCUT2D eigenvalue weighted by Gasteiger charge is -2.23. The van der Waals surface area contributed by atoms with Crippen LogP contribution < -0.4 is 4.90 Å². The minimum atomic E-state index is 0.440. The number of rotatable bonds is 4. The maximum atomic E-state index is 8.80. The highest BCUT2D eigenvalue weighted by molar-refractivity contribution is 9.10. The molecular weight excluding hydrogens is 304 g/mol. The number of anilines is 2. The zero-order valence-corrected chi connectivity index (χ0v) is 12.1. The van der Waals surface area contributed by atoms with Crippen LogP contribution in [-0.4, -0.2) is 16.5 Å². The topological polar surface area (TPSA) is 52.8 Å². The highest BCUT2D eigenvalue weighted by Gasteiger charge is 2.11. The van der Waals surface area contributed by atoms with Crippen LogP contribution in [0.3, 0.4) is 0 Å². The highest BCUT2D eigenvalue weighted by atomic mass is 79.9. The lowest BCUT2D eigenvalue weighted by molar-refractivity contribution is 0.903. The normalized spacial score (nSPS) is 9.95. The van der Waals surface area contributed by atoms with E-state index in [0.29, 0.717) is 18.8 Å². The van der Waals surface area contributed by atoms with E-state index in [-0.39, 0.29) is 0 Å². The van der Waals surface area contributed by atoms with E-state index in [2.05, 4.69) is 32.0 Å². The van der Waals surface area contributed by atoms with Gasteiger partial charge in [0.25, 0.3) is 0 Å². The fourth-order valence-corrected chi connectivity index (χ4v) is 2.26. The van der Waals surface area contributed by atoms with E-state index < -0.39 is 0 Å². The molecule has 0 saturated heterocycles. The van der Waals surface area contributed by atoms with Crippen LogP contribution in [0.1, 0.15) is 12.2 Å². The van der Waals surface area contributed by atoms with Gasteiger partial charge >= 0.3 is 0 Å². The minimum absolute atomic E-state index is 0.440. The Balaban J connectivity index is 2.40. The standard InChI is InChI=1S/C14H13BrN4/c1-11-17-13(15)10-14(18-11)19(9-5-8-16)12-6-3-2-4-7-12/h2-4,6-7,10H,5,9H2,1H3. The average Bonchev–Trinajstić information content (AvgIpc) is 2.39. The summed E-state index contributed by atoms with van der Waals surface area (Å²) in [6.07, 6.45) is 0.440. The molecule has 0 bridgehead atoms. The van der Waals surface area contributed by atoms with Gasteiger partial charge in [-0.05, 0) is 35.0 Å². The molecule has 0 unspecified atom stereocenters. The summed E-state index contributed by atoms with van der Waals surface area (Å²) in [5, 5.41) is 8.80. The van der Waals surface area contributed by atoms with E-state index >= 15 is 0 Å². The summed E-state index contributed by atoms with van der Waals surface area (Å²) in [5.74, 6) is 1.49. The van der Waals surface area contributed by atoms with E-state index in [1.165, 1.54) is 0 Å². The van der Waals surface area contributed by atoms with Crippen molar-refractivity contribution in [2.45, 2.75) is 13.3 Å². The highest BCUT2D eigenvalue weighted by Crippen LogP contribution is 2.25. The van der Waals surface area contributed by atoms with Gasteiger partial charge in [0.2, 0.25) is 0 Å². The molecule has 0 aliphatic carbocycles. The second-order valence-electron chi connectivity index (χ2n) is 3.99. The molecule has 0 N–H and O–H groups in total. The Labute approximate surface area is 120 Å². The van der Waals surface area contributed by atoms with Crippen molar-refractivity contribution >= 4 is 27.4 Å². The van der Waals surface area contributed by atoms with E-state index in [4.69, 9.17) is 5.26 Å². The third-order valence-electron chi connectivity index (χ3n) is 2.58. The summed E-state index contributed by atoms with van der Waals surface area (Å²) in [6, 6.07) is 13.9. The monoisotopic (exact) mass is 316 g/mol. The van der Waals surface area contributed by atoms with Gasteiger partial charge in [-0.2, -0.15) is 5.26 Å². The lowest BCUT2D eigenvalue weighted by Crippen LogP contribution is -2.19. The summed E-state index contributed by atoms with van der Waals surface area (Å²) < 4.78 is 0.743. The van der Waals surface area contributed by atoms with Gasteiger partial charge in [0, 0.05) is 18.3 Å². The molecule has 19 heavy (non-hydrogen) atoms. The Morgan fingerprint density at radius 2 is 2.00 bits per heavy atom. The van der Waals surface area contributed by atoms with E-state index in [0.717, 1.165) is 16.1 Å². The zero-order chi connectivity index (χ0) is 13.7. The van der Waals surface area contributed by atoms with Crippen molar-refractivity contribution < 1.29 is 0 Å². The predicted octanol–water partition coefficient (Wildman–Crippen LogP) is 3.60. The number of halogens is 1. The third kappa shape index (κ3) is 3.52. The zero-order valence-electron chi connectivity index (χ0n) is 10.5. The van der Waals surface area contributed by atoms with Gasteiger partial charge in [0.1, 0.15) is 16.2 Å². The van der Waals surface area contributed by atoms with Crippen molar-refractivity contribution in [3.8, 4) is 6.07 Å². The smallest absolute Gasteiger partial charge is 0.137 e. The Morgan fingerprint density at radius 1 is 1.26 bits per heavy atom. The Kier molecular flexibility index (Phi) is 4.48. The van der Waals surface area contributed by atoms with E-state index in [1.807, 2.05) is 48.2 Å². The van der Waals surface area contributed by atoms with Gasteiger partial charge in [-0.1, -0.05) is 18.2 Å². The van der Waals surface area contributed by atoms with Crippen molar-refractivity contribution in [2.75, 3.05) is 11.4 Å². The maximum absolute atomic E-state index is 8.80. The largest absolute Gasteiger partial charge is 0.325 e. The second kappa shape index (κ2) is 6.30. The van der Waals surface area contributed by atoms with Crippen LogP contribution in [0.25, 0.3) is 0 Å². The summed E-state index contributed by atoms with van der Waals surface area (Å²) >= 11 is 3.38. The molecular formula is C14H13BrN4. The van der Waals surface area contributed by atoms with Crippen molar-refractivity contribution in [1.82, 2.24) is 9.97 Å². The van der Waals surface area contributed by atoms with Crippen LogP contribution in [0.5, 0.6) is 0 Å². The first-order chi connectivity index (χ1) is 9.20. The Hall–Kier alpha value is -1.93. The van der Waals surface area contributed by atoms with Gasteiger partial charge in [0.05, 0.1) is 12.5 Å². The molecule has 4 nitrogen and oxygen atoms in total. The fourth-order valence-electron chi connectivity index (χ4n) is 1.80. The predicted molar refractivity (Wildman–Crippen MR) is 78.1 cm³/mol. The SMILES string of the molecule is Cc1nc(Br)cc(N(CCC#N)c2ccccc2)n1. The first-order valence-electron chi connectivity index (χ1n) is 5.91. The van der Waals surface area contributed by atoms with E-state index in [9.17, 15) is 0 Å².